The Morgan fingerprint density at radius 1 is 0.778 bits per heavy atom. The van der Waals surface area contributed by atoms with E-state index in [4.69, 9.17) is 13.3 Å². The van der Waals surface area contributed by atoms with Crippen molar-refractivity contribution in [2.45, 2.75) is 58.3 Å². The Labute approximate surface area is 114 Å². The van der Waals surface area contributed by atoms with Gasteiger partial charge in [-0.2, -0.15) is 0 Å². The van der Waals surface area contributed by atoms with Gasteiger partial charge in [0.15, 0.2) is 0 Å². The lowest BCUT2D eigenvalue weighted by Crippen LogP contribution is -2.40. The van der Waals surface area contributed by atoms with E-state index in [2.05, 4.69) is 13.0 Å². The largest absolute Gasteiger partial charge is 0.528 e. The van der Waals surface area contributed by atoms with E-state index in [0.717, 1.165) is 6.42 Å². The highest BCUT2D eigenvalue weighted by Crippen LogP contribution is 2.11. The van der Waals surface area contributed by atoms with Gasteiger partial charge in [0.25, 0.3) is 0 Å². The monoisotopic (exact) mass is 274 g/mol. The van der Waals surface area contributed by atoms with Gasteiger partial charge in [-0.05, 0) is 18.5 Å². The Morgan fingerprint density at radius 2 is 1.28 bits per heavy atom. The second-order valence-electron chi connectivity index (χ2n) is 4.53. The van der Waals surface area contributed by atoms with E-state index in [9.17, 15) is 0 Å². The summed E-state index contributed by atoms with van der Waals surface area (Å²) in [4.78, 5) is 0. The number of rotatable bonds is 12. The van der Waals surface area contributed by atoms with Gasteiger partial charge in [0.05, 0.1) is 0 Å². The van der Waals surface area contributed by atoms with Crippen molar-refractivity contribution in [1.82, 2.24) is 0 Å². The van der Waals surface area contributed by atoms with Gasteiger partial charge in [-0.3, -0.25) is 0 Å². The minimum absolute atomic E-state index is 1.08. The molecule has 108 valence electrons. The van der Waals surface area contributed by atoms with Crippen LogP contribution < -0.4 is 0 Å². The molecule has 0 aromatic rings. The second kappa shape index (κ2) is 11.9. The lowest BCUT2D eigenvalue weighted by molar-refractivity contribution is 0.138. The standard InChI is InChI=1S/C14H30O3Si/c1-5-6-7-8-9-10-11-12-13-14-18(15-2,16-3)17-4/h13-14H,5-12H2,1-4H3/b14-13+. The minimum atomic E-state index is -2.48. The highest BCUT2D eigenvalue weighted by Gasteiger charge is 2.33. The molecule has 0 aliphatic rings. The van der Waals surface area contributed by atoms with Crippen LogP contribution in [-0.4, -0.2) is 30.1 Å². The fraction of sp³-hybridized carbons (Fsp3) is 0.857. The van der Waals surface area contributed by atoms with Crippen LogP contribution in [0.25, 0.3) is 0 Å². The van der Waals surface area contributed by atoms with Crippen LogP contribution in [0.2, 0.25) is 0 Å². The molecule has 0 bridgehead atoms. The molecule has 0 N–H and O–H groups in total. The van der Waals surface area contributed by atoms with Crippen molar-refractivity contribution in [3.63, 3.8) is 0 Å². The minimum Gasteiger partial charge on any atom is -0.374 e. The molecular formula is C14H30O3Si. The first-order valence-electron chi connectivity index (χ1n) is 7.07. The molecule has 0 saturated carbocycles. The summed E-state index contributed by atoms with van der Waals surface area (Å²) in [6.07, 6.45) is 12.6. The van der Waals surface area contributed by atoms with Gasteiger partial charge in [0.1, 0.15) is 0 Å². The van der Waals surface area contributed by atoms with Crippen molar-refractivity contribution in [2.75, 3.05) is 21.3 Å². The van der Waals surface area contributed by atoms with Crippen LogP contribution in [0.15, 0.2) is 11.8 Å². The zero-order valence-corrected chi connectivity index (χ0v) is 13.5. The van der Waals surface area contributed by atoms with Crippen molar-refractivity contribution >= 4 is 8.80 Å². The first-order chi connectivity index (χ1) is 8.74. The predicted molar refractivity (Wildman–Crippen MR) is 78.5 cm³/mol. The van der Waals surface area contributed by atoms with E-state index in [1.807, 2.05) is 5.70 Å². The zero-order chi connectivity index (χ0) is 13.7. The molecule has 0 heterocycles. The summed E-state index contributed by atoms with van der Waals surface area (Å²) in [5.74, 6) is 0. The summed E-state index contributed by atoms with van der Waals surface area (Å²) in [7, 11) is 2.42. The Hall–Kier alpha value is -0.163. The third kappa shape index (κ3) is 8.03. The summed E-state index contributed by atoms with van der Waals surface area (Å²) in [5.41, 5.74) is 1.98. The van der Waals surface area contributed by atoms with Crippen LogP contribution in [0, 0.1) is 0 Å². The predicted octanol–water partition coefficient (Wildman–Crippen LogP) is 4.10. The molecule has 0 unspecified atom stereocenters. The second-order valence-corrected chi connectivity index (χ2v) is 7.29. The molecule has 0 fully saturated rings. The molecule has 0 saturated heterocycles. The maximum absolute atomic E-state index is 5.32. The molecule has 0 spiro atoms. The third-order valence-corrected chi connectivity index (χ3v) is 5.50. The molecule has 0 amide bonds. The summed E-state index contributed by atoms with van der Waals surface area (Å²) >= 11 is 0. The quantitative estimate of drug-likeness (QED) is 0.396. The molecular weight excluding hydrogens is 244 g/mol. The topological polar surface area (TPSA) is 27.7 Å². The normalized spacial score (nSPS) is 12.4. The van der Waals surface area contributed by atoms with Crippen LogP contribution >= 0.6 is 0 Å². The molecule has 0 aliphatic heterocycles. The average molecular weight is 274 g/mol. The van der Waals surface area contributed by atoms with E-state index in [1.165, 1.54) is 44.9 Å². The maximum atomic E-state index is 5.32. The zero-order valence-electron chi connectivity index (χ0n) is 12.5. The van der Waals surface area contributed by atoms with Crippen molar-refractivity contribution in [3.8, 4) is 0 Å². The first-order valence-corrected chi connectivity index (χ1v) is 8.88. The highest BCUT2D eigenvalue weighted by molar-refractivity contribution is 6.66. The van der Waals surface area contributed by atoms with E-state index in [1.54, 1.807) is 21.3 Å². The smallest absolute Gasteiger partial charge is 0.374 e. The molecule has 3 nitrogen and oxygen atoms in total. The van der Waals surface area contributed by atoms with Crippen LogP contribution in [0.5, 0.6) is 0 Å². The summed E-state index contributed by atoms with van der Waals surface area (Å²) in [6.45, 7) is 2.25. The highest BCUT2D eigenvalue weighted by atomic mass is 28.4. The van der Waals surface area contributed by atoms with E-state index >= 15 is 0 Å². The fourth-order valence-corrected chi connectivity index (χ4v) is 3.26. The van der Waals surface area contributed by atoms with Gasteiger partial charge < -0.3 is 13.3 Å². The molecule has 0 atom stereocenters. The number of hydrogen-bond donors (Lipinski definition) is 0. The number of hydrogen-bond acceptors (Lipinski definition) is 3. The first kappa shape index (κ1) is 17.8. The van der Waals surface area contributed by atoms with Gasteiger partial charge in [-0.1, -0.05) is 51.5 Å². The lowest BCUT2D eigenvalue weighted by atomic mass is 10.1. The molecule has 0 aromatic heterocycles. The Balaban J connectivity index is 3.58. The Morgan fingerprint density at radius 3 is 1.78 bits per heavy atom. The Bertz CT molecular complexity index is 195. The molecule has 18 heavy (non-hydrogen) atoms. The average Bonchev–Trinajstić information content (AvgIpc) is 2.42. The maximum Gasteiger partial charge on any atom is 0.528 e. The van der Waals surface area contributed by atoms with Gasteiger partial charge in [0.2, 0.25) is 0 Å². The van der Waals surface area contributed by atoms with Crippen molar-refractivity contribution in [2.24, 2.45) is 0 Å². The fourth-order valence-electron chi connectivity index (χ4n) is 1.90. The SMILES string of the molecule is CCCCCCCCC/C=C/[Si](OC)(OC)OC. The Kier molecular flexibility index (Phi) is 11.8. The summed E-state index contributed by atoms with van der Waals surface area (Å²) in [6, 6.07) is 0. The van der Waals surface area contributed by atoms with E-state index < -0.39 is 8.80 Å². The van der Waals surface area contributed by atoms with Crippen molar-refractivity contribution in [1.29, 1.82) is 0 Å². The van der Waals surface area contributed by atoms with Gasteiger partial charge in [-0.15, -0.1) is 0 Å². The number of allylic oxidation sites excluding steroid dienone is 1. The van der Waals surface area contributed by atoms with Crippen molar-refractivity contribution < 1.29 is 13.3 Å². The molecule has 0 aliphatic carbocycles. The third-order valence-electron chi connectivity index (χ3n) is 3.15. The van der Waals surface area contributed by atoms with E-state index in [-0.39, 0.29) is 0 Å². The van der Waals surface area contributed by atoms with Crippen LogP contribution in [0.1, 0.15) is 58.3 Å². The van der Waals surface area contributed by atoms with Gasteiger partial charge >= 0.3 is 8.80 Å². The van der Waals surface area contributed by atoms with Crippen LogP contribution in [0.3, 0.4) is 0 Å². The van der Waals surface area contributed by atoms with Crippen LogP contribution in [-0.2, 0) is 13.3 Å². The summed E-state index contributed by atoms with van der Waals surface area (Å²) < 4.78 is 15.9. The lowest BCUT2D eigenvalue weighted by Gasteiger charge is -2.20. The molecule has 0 radical (unpaired) electrons. The molecule has 0 rings (SSSR count). The van der Waals surface area contributed by atoms with Gasteiger partial charge in [-0.25, -0.2) is 0 Å². The molecule has 4 heteroatoms. The van der Waals surface area contributed by atoms with Crippen molar-refractivity contribution in [3.05, 3.63) is 11.8 Å². The number of unbranched alkanes of at least 4 members (excludes halogenated alkanes) is 7. The van der Waals surface area contributed by atoms with Gasteiger partial charge in [0, 0.05) is 21.3 Å². The summed E-state index contributed by atoms with van der Waals surface area (Å²) in [5, 5.41) is 0. The van der Waals surface area contributed by atoms with E-state index in [0.29, 0.717) is 0 Å². The van der Waals surface area contributed by atoms with Crippen LogP contribution in [0.4, 0.5) is 0 Å². The molecule has 0 aromatic carbocycles.